The number of rotatable bonds is 4. The first-order chi connectivity index (χ1) is 7.69. The molecule has 0 fully saturated rings. The van der Waals surface area contributed by atoms with Crippen LogP contribution in [0.25, 0.3) is 0 Å². The summed E-state index contributed by atoms with van der Waals surface area (Å²) in [6, 6.07) is 0. The van der Waals surface area contributed by atoms with Crippen LogP contribution >= 0.6 is 0 Å². The first kappa shape index (κ1) is 11.6. The number of hydrogen-bond acceptors (Lipinski definition) is 3. The lowest BCUT2D eigenvalue weighted by Gasteiger charge is -2.21. The van der Waals surface area contributed by atoms with E-state index in [-0.39, 0.29) is 0 Å². The molecule has 0 amide bonds. The van der Waals surface area contributed by atoms with E-state index in [4.69, 9.17) is 5.73 Å². The van der Waals surface area contributed by atoms with Crippen molar-refractivity contribution in [2.45, 2.75) is 46.1 Å². The highest BCUT2D eigenvalue weighted by Gasteiger charge is 2.21. The SMILES string of the molecule is CC(C)Cc1nc2n(n1)CC(CCN)CC2. The maximum atomic E-state index is 5.61. The predicted molar refractivity (Wildman–Crippen MR) is 64.0 cm³/mol. The number of nitrogens with two attached hydrogens (primary N) is 1. The van der Waals surface area contributed by atoms with Gasteiger partial charge in [-0.1, -0.05) is 13.8 Å². The Hall–Kier alpha value is -0.900. The van der Waals surface area contributed by atoms with Crippen LogP contribution in [0.5, 0.6) is 0 Å². The van der Waals surface area contributed by atoms with Gasteiger partial charge in [0.1, 0.15) is 5.82 Å². The van der Waals surface area contributed by atoms with Crippen LogP contribution in [-0.2, 0) is 19.4 Å². The van der Waals surface area contributed by atoms with E-state index in [1.807, 2.05) is 0 Å². The standard InChI is InChI=1S/C12H22N4/c1-9(2)7-11-14-12-4-3-10(5-6-13)8-16(12)15-11/h9-10H,3-8,13H2,1-2H3. The lowest BCUT2D eigenvalue weighted by Crippen LogP contribution is -2.23. The summed E-state index contributed by atoms with van der Waals surface area (Å²) in [6.45, 7) is 6.21. The van der Waals surface area contributed by atoms with Crippen LogP contribution in [-0.4, -0.2) is 21.3 Å². The molecule has 0 bridgehead atoms. The van der Waals surface area contributed by atoms with Gasteiger partial charge in [0.15, 0.2) is 5.82 Å². The Morgan fingerprint density at radius 2 is 2.31 bits per heavy atom. The van der Waals surface area contributed by atoms with E-state index in [0.717, 1.165) is 38.2 Å². The number of fused-ring (bicyclic) bond motifs is 1. The van der Waals surface area contributed by atoms with Crippen LogP contribution < -0.4 is 5.73 Å². The molecule has 0 saturated heterocycles. The van der Waals surface area contributed by atoms with E-state index in [9.17, 15) is 0 Å². The van der Waals surface area contributed by atoms with Gasteiger partial charge < -0.3 is 5.73 Å². The summed E-state index contributed by atoms with van der Waals surface area (Å²) in [5, 5.41) is 4.59. The number of hydrogen-bond donors (Lipinski definition) is 1. The van der Waals surface area contributed by atoms with E-state index < -0.39 is 0 Å². The van der Waals surface area contributed by atoms with Gasteiger partial charge in [-0.2, -0.15) is 5.10 Å². The van der Waals surface area contributed by atoms with Crippen molar-refractivity contribution in [3.05, 3.63) is 11.6 Å². The fourth-order valence-electron chi connectivity index (χ4n) is 2.35. The molecule has 0 radical (unpaired) electrons. The van der Waals surface area contributed by atoms with Gasteiger partial charge >= 0.3 is 0 Å². The van der Waals surface area contributed by atoms with Crippen molar-refractivity contribution < 1.29 is 0 Å². The van der Waals surface area contributed by atoms with E-state index in [1.165, 1.54) is 12.2 Å². The van der Waals surface area contributed by atoms with Crippen molar-refractivity contribution in [3.63, 3.8) is 0 Å². The summed E-state index contributed by atoms with van der Waals surface area (Å²) >= 11 is 0. The average molecular weight is 222 g/mol. The molecule has 0 spiro atoms. The Morgan fingerprint density at radius 1 is 1.50 bits per heavy atom. The van der Waals surface area contributed by atoms with Gasteiger partial charge in [-0.25, -0.2) is 9.67 Å². The summed E-state index contributed by atoms with van der Waals surface area (Å²) in [4.78, 5) is 4.61. The minimum Gasteiger partial charge on any atom is -0.330 e. The van der Waals surface area contributed by atoms with Crippen molar-refractivity contribution in [1.82, 2.24) is 14.8 Å². The zero-order valence-electron chi connectivity index (χ0n) is 10.3. The molecule has 0 saturated carbocycles. The highest BCUT2D eigenvalue weighted by atomic mass is 15.4. The molecule has 90 valence electrons. The molecule has 16 heavy (non-hydrogen) atoms. The van der Waals surface area contributed by atoms with E-state index >= 15 is 0 Å². The summed E-state index contributed by atoms with van der Waals surface area (Å²) in [5.74, 6) is 3.51. The number of nitrogens with zero attached hydrogens (tertiary/aromatic N) is 3. The quantitative estimate of drug-likeness (QED) is 0.837. The maximum Gasteiger partial charge on any atom is 0.151 e. The lowest BCUT2D eigenvalue weighted by molar-refractivity contribution is 0.327. The molecule has 1 aliphatic rings. The number of aromatic nitrogens is 3. The number of aryl methyl sites for hydroxylation is 1. The second-order valence-corrected chi connectivity index (χ2v) is 5.21. The molecule has 1 atom stereocenters. The van der Waals surface area contributed by atoms with Gasteiger partial charge in [-0.15, -0.1) is 0 Å². The van der Waals surface area contributed by atoms with Crippen LogP contribution in [0.4, 0.5) is 0 Å². The van der Waals surface area contributed by atoms with E-state index in [1.54, 1.807) is 0 Å². The minimum absolute atomic E-state index is 0.629. The van der Waals surface area contributed by atoms with Crippen LogP contribution in [0.15, 0.2) is 0 Å². The van der Waals surface area contributed by atoms with Gasteiger partial charge in [0, 0.05) is 19.4 Å². The van der Waals surface area contributed by atoms with Crippen molar-refractivity contribution >= 4 is 0 Å². The zero-order valence-corrected chi connectivity index (χ0v) is 10.3. The summed E-state index contributed by atoms with van der Waals surface area (Å²) < 4.78 is 2.10. The topological polar surface area (TPSA) is 56.7 Å². The molecule has 1 aromatic heterocycles. The molecule has 0 aromatic carbocycles. The molecule has 1 unspecified atom stereocenters. The van der Waals surface area contributed by atoms with E-state index in [2.05, 4.69) is 28.6 Å². The molecule has 2 N–H and O–H groups in total. The third-order valence-corrected chi connectivity index (χ3v) is 3.17. The summed E-state index contributed by atoms with van der Waals surface area (Å²) in [5.41, 5.74) is 5.61. The van der Waals surface area contributed by atoms with Crippen LogP contribution in [0, 0.1) is 11.8 Å². The molecular weight excluding hydrogens is 200 g/mol. The van der Waals surface area contributed by atoms with Gasteiger partial charge in [-0.3, -0.25) is 0 Å². The second-order valence-electron chi connectivity index (χ2n) is 5.21. The Morgan fingerprint density at radius 3 is 3.00 bits per heavy atom. The zero-order chi connectivity index (χ0) is 11.5. The third kappa shape index (κ3) is 2.61. The van der Waals surface area contributed by atoms with Crippen LogP contribution in [0.3, 0.4) is 0 Å². The monoisotopic (exact) mass is 222 g/mol. The van der Waals surface area contributed by atoms with Gasteiger partial charge in [0.2, 0.25) is 0 Å². The molecule has 0 aliphatic carbocycles. The van der Waals surface area contributed by atoms with Crippen molar-refractivity contribution in [1.29, 1.82) is 0 Å². The average Bonchev–Trinajstić information content (AvgIpc) is 2.58. The summed E-state index contributed by atoms with van der Waals surface area (Å²) in [6.07, 6.45) is 4.38. The summed E-state index contributed by atoms with van der Waals surface area (Å²) in [7, 11) is 0. The lowest BCUT2D eigenvalue weighted by atomic mass is 9.96. The van der Waals surface area contributed by atoms with Gasteiger partial charge in [0.05, 0.1) is 0 Å². The fourth-order valence-corrected chi connectivity index (χ4v) is 2.35. The Kier molecular flexibility index (Phi) is 3.59. The Bertz CT molecular complexity index is 343. The Labute approximate surface area is 97.2 Å². The first-order valence-electron chi connectivity index (χ1n) is 6.31. The van der Waals surface area contributed by atoms with Gasteiger partial charge in [0.25, 0.3) is 0 Å². The van der Waals surface area contributed by atoms with Crippen LogP contribution in [0.1, 0.15) is 38.3 Å². The smallest absolute Gasteiger partial charge is 0.151 e. The minimum atomic E-state index is 0.629. The van der Waals surface area contributed by atoms with E-state index in [0.29, 0.717) is 11.8 Å². The Balaban J connectivity index is 2.04. The third-order valence-electron chi connectivity index (χ3n) is 3.17. The normalized spacial score (nSPS) is 20.1. The van der Waals surface area contributed by atoms with Crippen LogP contribution in [0.2, 0.25) is 0 Å². The molecule has 2 heterocycles. The molecule has 4 heteroatoms. The fraction of sp³-hybridized carbons (Fsp3) is 0.833. The molecule has 1 aliphatic heterocycles. The maximum absolute atomic E-state index is 5.61. The second kappa shape index (κ2) is 4.95. The van der Waals surface area contributed by atoms with Crippen molar-refractivity contribution in [2.75, 3.05) is 6.54 Å². The predicted octanol–water partition coefficient (Wildman–Crippen LogP) is 1.39. The molecule has 2 rings (SSSR count). The van der Waals surface area contributed by atoms with Gasteiger partial charge in [-0.05, 0) is 31.2 Å². The van der Waals surface area contributed by atoms with Crippen molar-refractivity contribution in [2.24, 2.45) is 17.6 Å². The largest absolute Gasteiger partial charge is 0.330 e. The highest BCUT2D eigenvalue weighted by Crippen LogP contribution is 2.21. The highest BCUT2D eigenvalue weighted by molar-refractivity contribution is 4.97. The molecular formula is C12H22N4. The first-order valence-corrected chi connectivity index (χ1v) is 6.31. The molecule has 4 nitrogen and oxygen atoms in total. The molecule has 1 aromatic rings. The van der Waals surface area contributed by atoms with Crippen molar-refractivity contribution in [3.8, 4) is 0 Å².